The fourth-order valence-corrected chi connectivity index (χ4v) is 1.64. The Labute approximate surface area is 114 Å². The molecule has 1 aromatic heterocycles. The standard InChI is InChI=1S/C14H13F2N3O/c15-10-4-3-5-11(16)13(10)14(20)19-9-8-18-12-6-1-2-7-17-12/h1-7H,8-9H2,(H,17,18)(H,19,20). The maximum atomic E-state index is 13.3. The van der Waals surface area contributed by atoms with Crippen LogP contribution in [0.5, 0.6) is 0 Å². The number of carbonyl (C=O) groups is 1. The van der Waals surface area contributed by atoms with Gasteiger partial charge in [-0.2, -0.15) is 0 Å². The van der Waals surface area contributed by atoms with Gasteiger partial charge in [0.15, 0.2) is 0 Å². The lowest BCUT2D eigenvalue weighted by molar-refractivity contribution is 0.0946. The van der Waals surface area contributed by atoms with Crippen molar-refractivity contribution in [1.29, 1.82) is 0 Å². The first-order valence-corrected chi connectivity index (χ1v) is 6.05. The second-order valence-electron chi connectivity index (χ2n) is 3.99. The highest BCUT2D eigenvalue weighted by atomic mass is 19.1. The van der Waals surface area contributed by atoms with Gasteiger partial charge in [0.25, 0.3) is 5.91 Å². The first kappa shape index (κ1) is 13.9. The highest BCUT2D eigenvalue weighted by Crippen LogP contribution is 2.11. The first-order chi connectivity index (χ1) is 9.68. The van der Waals surface area contributed by atoms with Gasteiger partial charge in [-0.15, -0.1) is 0 Å². The Bertz CT molecular complexity index is 570. The van der Waals surface area contributed by atoms with Crippen LogP contribution in [0.4, 0.5) is 14.6 Å². The van der Waals surface area contributed by atoms with Gasteiger partial charge < -0.3 is 10.6 Å². The minimum atomic E-state index is -0.875. The van der Waals surface area contributed by atoms with Crippen LogP contribution in [0, 0.1) is 11.6 Å². The summed E-state index contributed by atoms with van der Waals surface area (Å²) in [7, 11) is 0. The second kappa shape index (κ2) is 6.60. The molecule has 0 atom stereocenters. The van der Waals surface area contributed by atoms with Crippen LogP contribution in [0.1, 0.15) is 10.4 Å². The molecule has 0 aliphatic carbocycles. The van der Waals surface area contributed by atoms with E-state index in [1.54, 1.807) is 18.3 Å². The maximum absolute atomic E-state index is 13.3. The van der Waals surface area contributed by atoms with Crippen molar-refractivity contribution in [3.63, 3.8) is 0 Å². The highest BCUT2D eigenvalue weighted by molar-refractivity contribution is 5.94. The van der Waals surface area contributed by atoms with Gasteiger partial charge >= 0.3 is 0 Å². The van der Waals surface area contributed by atoms with Crippen molar-refractivity contribution in [2.24, 2.45) is 0 Å². The van der Waals surface area contributed by atoms with E-state index in [-0.39, 0.29) is 6.54 Å². The minimum Gasteiger partial charge on any atom is -0.368 e. The smallest absolute Gasteiger partial charge is 0.257 e. The number of pyridine rings is 1. The number of aromatic nitrogens is 1. The number of amides is 1. The number of anilines is 1. The van der Waals surface area contributed by atoms with Crippen LogP contribution >= 0.6 is 0 Å². The van der Waals surface area contributed by atoms with E-state index in [2.05, 4.69) is 15.6 Å². The van der Waals surface area contributed by atoms with Crippen LogP contribution in [0.25, 0.3) is 0 Å². The van der Waals surface area contributed by atoms with Crippen LogP contribution < -0.4 is 10.6 Å². The van der Waals surface area contributed by atoms with Gasteiger partial charge in [-0.25, -0.2) is 13.8 Å². The third kappa shape index (κ3) is 3.50. The normalized spacial score (nSPS) is 10.1. The molecule has 2 rings (SSSR count). The fraction of sp³-hybridized carbons (Fsp3) is 0.143. The summed E-state index contributed by atoms with van der Waals surface area (Å²) in [6, 6.07) is 8.69. The van der Waals surface area contributed by atoms with Crippen LogP contribution in [0.15, 0.2) is 42.6 Å². The van der Waals surface area contributed by atoms with Crippen molar-refractivity contribution < 1.29 is 13.6 Å². The van der Waals surface area contributed by atoms with Gasteiger partial charge in [0, 0.05) is 19.3 Å². The molecule has 2 aromatic rings. The summed E-state index contributed by atoms with van der Waals surface area (Å²) < 4.78 is 26.7. The number of carbonyl (C=O) groups excluding carboxylic acids is 1. The molecule has 0 radical (unpaired) electrons. The molecule has 4 nitrogen and oxygen atoms in total. The Morgan fingerprint density at radius 3 is 2.45 bits per heavy atom. The van der Waals surface area contributed by atoms with Crippen LogP contribution in [-0.4, -0.2) is 24.0 Å². The van der Waals surface area contributed by atoms with Gasteiger partial charge in [-0.1, -0.05) is 12.1 Å². The van der Waals surface area contributed by atoms with Crippen molar-refractivity contribution >= 4 is 11.7 Å². The Hall–Kier alpha value is -2.50. The summed E-state index contributed by atoms with van der Waals surface area (Å²) >= 11 is 0. The quantitative estimate of drug-likeness (QED) is 0.824. The molecule has 0 saturated carbocycles. The number of hydrogen-bond donors (Lipinski definition) is 2. The van der Waals surface area contributed by atoms with Gasteiger partial charge in [-0.3, -0.25) is 4.79 Å². The molecule has 1 aromatic carbocycles. The largest absolute Gasteiger partial charge is 0.368 e. The van der Waals surface area contributed by atoms with Crippen LogP contribution in [0.2, 0.25) is 0 Å². The molecule has 0 spiro atoms. The number of halogens is 2. The molecule has 6 heteroatoms. The molecule has 0 unspecified atom stereocenters. The van der Waals surface area contributed by atoms with E-state index in [1.165, 1.54) is 6.07 Å². The lowest BCUT2D eigenvalue weighted by Crippen LogP contribution is -2.30. The fourth-order valence-electron chi connectivity index (χ4n) is 1.64. The second-order valence-corrected chi connectivity index (χ2v) is 3.99. The molecule has 0 aliphatic heterocycles. The average molecular weight is 277 g/mol. The van der Waals surface area contributed by atoms with E-state index in [4.69, 9.17) is 0 Å². The van der Waals surface area contributed by atoms with Gasteiger partial charge in [0.1, 0.15) is 23.0 Å². The van der Waals surface area contributed by atoms with E-state index in [1.807, 2.05) is 6.07 Å². The summed E-state index contributed by atoms with van der Waals surface area (Å²) in [4.78, 5) is 15.7. The number of hydrogen-bond acceptors (Lipinski definition) is 3. The number of nitrogens with zero attached hydrogens (tertiary/aromatic N) is 1. The third-order valence-electron chi connectivity index (χ3n) is 2.57. The summed E-state index contributed by atoms with van der Waals surface area (Å²) in [5, 5.41) is 5.41. The van der Waals surface area contributed by atoms with Crippen LogP contribution in [0.3, 0.4) is 0 Å². The molecule has 2 N–H and O–H groups in total. The SMILES string of the molecule is O=C(NCCNc1ccccn1)c1c(F)cccc1F. The molecule has 1 heterocycles. The molecule has 104 valence electrons. The predicted octanol–water partition coefficient (Wildman–Crippen LogP) is 2.20. The Kier molecular flexibility index (Phi) is 4.60. The lowest BCUT2D eigenvalue weighted by Gasteiger charge is -2.08. The third-order valence-corrected chi connectivity index (χ3v) is 2.57. The summed E-state index contributed by atoms with van der Waals surface area (Å²) in [6.07, 6.45) is 1.63. The van der Waals surface area contributed by atoms with Crippen LogP contribution in [-0.2, 0) is 0 Å². The van der Waals surface area contributed by atoms with Crippen molar-refractivity contribution in [2.75, 3.05) is 18.4 Å². The van der Waals surface area contributed by atoms with E-state index in [0.29, 0.717) is 12.4 Å². The van der Waals surface area contributed by atoms with Crippen molar-refractivity contribution in [1.82, 2.24) is 10.3 Å². The molecule has 0 fully saturated rings. The van der Waals surface area contributed by atoms with Crippen molar-refractivity contribution in [3.05, 3.63) is 59.8 Å². The molecular weight excluding hydrogens is 264 g/mol. The summed E-state index contributed by atoms with van der Waals surface area (Å²) in [5.41, 5.74) is -0.565. The zero-order valence-electron chi connectivity index (χ0n) is 10.6. The Balaban J connectivity index is 1.84. The van der Waals surface area contributed by atoms with Crippen molar-refractivity contribution in [3.8, 4) is 0 Å². The molecular formula is C14H13F2N3O. The molecule has 0 saturated heterocycles. The van der Waals surface area contributed by atoms with Gasteiger partial charge in [0.05, 0.1) is 0 Å². The van der Waals surface area contributed by atoms with Crippen molar-refractivity contribution in [2.45, 2.75) is 0 Å². The van der Waals surface area contributed by atoms with E-state index >= 15 is 0 Å². The van der Waals surface area contributed by atoms with Gasteiger partial charge in [-0.05, 0) is 24.3 Å². The maximum Gasteiger partial charge on any atom is 0.257 e. The summed E-state index contributed by atoms with van der Waals surface area (Å²) in [6.45, 7) is 0.627. The minimum absolute atomic E-state index is 0.225. The zero-order valence-corrected chi connectivity index (χ0v) is 10.6. The molecule has 1 amide bonds. The van der Waals surface area contributed by atoms with E-state index < -0.39 is 23.1 Å². The Morgan fingerprint density at radius 2 is 1.80 bits per heavy atom. The average Bonchev–Trinajstić information content (AvgIpc) is 2.44. The topological polar surface area (TPSA) is 54.0 Å². The van der Waals surface area contributed by atoms with E-state index in [9.17, 15) is 13.6 Å². The zero-order chi connectivity index (χ0) is 14.4. The monoisotopic (exact) mass is 277 g/mol. The summed E-state index contributed by atoms with van der Waals surface area (Å²) in [5.74, 6) is -1.86. The first-order valence-electron chi connectivity index (χ1n) is 6.05. The predicted molar refractivity (Wildman–Crippen MR) is 71.4 cm³/mol. The van der Waals surface area contributed by atoms with E-state index in [0.717, 1.165) is 12.1 Å². The molecule has 0 bridgehead atoms. The number of rotatable bonds is 5. The molecule has 20 heavy (non-hydrogen) atoms. The number of benzene rings is 1. The number of nitrogens with one attached hydrogen (secondary N) is 2. The Morgan fingerprint density at radius 1 is 1.05 bits per heavy atom. The lowest BCUT2D eigenvalue weighted by atomic mass is 10.2. The molecule has 0 aliphatic rings. The highest BCUT2D eigenvalue weighted by Gasteiger charge is 2.15. The van der Waals surface area contributed by atoms with Gasteiger partial charge in [0.2, 0.25) is 0 Å².